The molecule has 2 amide bonds. The molecule has 1 saturated carbocycles. The molecule has 33 heavy (non-hydrogen) atoms. The van der Waals surface area contributed by atoms with Crippen molar-refractivity contribution in [2.75, 3.05) is 25.6 Å². The topological polar surface area (TPSA) is 93.7 Å². The second kappa shape index (κ2) is 11.2. The van der Waals surface area contributed by atoms with Crippen LogP contribution in [0.25, 0.3) is 0 Å². The van der Waals surface area contributed by atoms with E-state index in [4.69, 9.17) is 21.1 Å². The zero-order valence-corrected chi connectivity index (χ0v) is 19.7. The number of esters is 1. The van der Waals surface area contributed by atoms with Gasteiger partial charge in [0.15, 0.2) is 6.61 Å². The maximum atomic E-state index is 13.1. The Bertz CT molecular complexity index is 1020. The number of halogens is 1. The molecule has 0 heterocycles. The molecule has 7 nitrogen and oxygen atoms in total. The molecule has 0 atom stereocenters. The maximum absolute atomic E-state index is 13.1. The number of carbonyl (C=O) groups is 3. The fourth-order valence-electron chi connectivity index (χ4n) is 4.17. The summed E-state index contributed by atoms with van der Waals surface area (Å²) in [6.07, 6.45) is 4.15. The lowest BCUT2D eigenvalue weighted by Crippen LogP contribution is -2.42. The van der Waals surface area contributed by atoms with Crippen LogP contribution in [0.4, 0.5) is 5.69 Å². The number of nitrogens with one attached hydrogen (secondary N) is 2. The Morgan fingerprint density at radius 2 is 1.79 bits per heavy atom. The van der Waals surface area contributed by atoms with Gasteiger partial charge < -0.3 is 20.1 Å². The van der Waals surface area contributed by atoms with Crippen molar-refractivity contribution in [2.24, 2.45) is 0 Å². The highest BCUT2D eigenvalue weighted by Crippen LogP contribution is 2.41. The summed E-state index contributed by atoms with van der Waals surface area (Å²) in [5, 5.41) is 5.75. The Labute approximate surface area is 198 Å². The predicted octanol–water partition coefficient (Wildman–Crippen LogP) is 4.16. The molecule has 0 spiro atoms. The molecular formula is C25H29ClN2O5. The number of ether oxygens (including phenoxy) is 2. The van der Waals surface area contributed by atoms with E-state index in [-0.39, 0.29) is 6.54 Å². The molecule has 2 aromatic rings. The van der Waals surface area contributed by atoms with E-state index in [1.165, 1.54) is 7.11 Å². The van der Waals surface area contributed by atoms with E-state index in [0.29, 0.717) is 29.3 Å². The smallest absolute Gasteiger partial charge is 0.317 e. The van der Waals surface area contributed by atoms with Crippen LogP contribution >= 0.6 is 11.6 Å². The third-order valence-electron chi connectivity index (χ3n) is 5.88. The first-order chi connectivity index (χ1) is 15.8. The quantitative estimate of drug-likeness (QED) is 0.563. The fourth-order valence-corrected chi connectivity index (χ4v) is 4.36. The summed E-state index contributed by atoms with van der Waals surface area (Å²) < 4.78 is 10.6. The molecule has 1 aliphatic carbocycles. The van der Waals surface area contributed by atoms with Crippen molar-refractivity contribution in [2.45, 2.75) is 44.4 Å². The van der Waals surface area contributed by atoms with E-state index in [1.54, 1.807) is 24.3 Å². The molecule has 8 heteroatoms. The predicted molar refractivity (Wildman–Crippen MR) is 127 cm³/mol. The van der Waals surface area contributed by atoms with Gasteiger partial charge in [0.2, 0.25) is 5.91 Å². The Balaban J connectivity index is 1.55. The molecule has 0 radical (unpaired) electrons. The van der Waals surface area contributed by atoms with Crippen molar-refractivity contribution in [3.8, 4) is 5.75 Å². The van der Waals surface area contributed by atoms with E-state index in [0.717, 1.165) is 30.4 Å². The minimum absolute atomic E-state index is 0.257. The fraction of sp³-hybridized carbons (Fsp3) is 0.400. The van der Waals surface area contributed by atoms with Gasteiger partial charge >= 0.3 is 5.97 Å². The van der Waals surface area contributed by atoms with Gasteiger partial charge in [-0.2, -0.15) is 0 Å². The van der Waals surface area contributed by atoms with E-state index < -0.39 is 29.8 Å². The number of benzene rings is 2. The number of hydrogen-bond donors (Lipinski definition) is 2. The van der Waals surface area contributed by atoms with E-state index in [2.05, 4.69) is 10.6 Å². The molecule has 176 valence electrons. The molecule has 3 rings (SSSR count). The van der Waals surface area contributed by atoms with Crippen LogP contribution in [-0.4, -0.2) is 38.0 Å². The summed E-state index contributed by atoms with van der Waals surface area (Å²) >= 11 is 6.15. The van der Waals surface area contributed by atoms with Crippen molar-refractivity contribution >= 4 is 35.1 Å². The Morgan fingerprint density at radius 3 is 2.48 bits per heavy atom. The summed E-state index contributed by atoms with van der Waals surface area (Å²) in [6, 6.07) is 12.6. The number of methoxy groups -OCH3 is 1. The number of rotatable bonds is 8. The van der Waals surface area contributed by atoms with Gasteiger partial charge in [-0.05, 0) is 55.2 Å². The zero-order valence-electron chi connectivity index (χ0n) is 18.9. The van der Waals surface area contributed by atoms with Crippen LogP contribution in [0.5, 0.6) is 5.75 Å². The molecule has 0 unspecified atom stereocenters. The molecule has 2 N–H and O–H groups in total. The van der Waals surface area contributed by atoms with Crippen molar-refractivity contribution in [3.05, 3.63) is 58.6 Å². The van der Waals surface area contributed by atoms with Gasteiger partial charge in [-0.25, -0.2) is 0 Å². The lowest BCUT2D eigenvalue weighted by atomic mass is 9.69. The van der Waals surface area contributed by atoms with Crippen LogP contribution in [0.1, 0.15) is 43.2 Å². The molecule has 1 fully saturated rings. The Kier molecular flexibility index (Phi) is 8.33. The lowest BCUT2D eigenvalue weighted by molar-refractivity contribution is -0.155. The second-order valence-corrected chi connectivity index (χ2v) is 8.69. The van der Waals surface area contributed by atoms with Gasteiger partial charge in [-0.1, -0.05) is 49.1 Å². The van der Waals surface area contributed by atoms with Gasteiger partial charge in [-0.15, -0.1) is 0 Å². The second-order valence-electron chi connectivity index (χ2n) is 8.26. The number of aryl methyl sites for hydroxylation is 1. The van der Waals surface area contributed by atoms with Crippen LogP contribution in [0, 0.1) is 6.92 Å². The van der Waals surface area contributed by atoms with Gasteiger partial charge in [0, 0.05) is 5.02 Å². The minimum Gasteiger partial charge on any atom is -0.495 e. The first-order valence-corrected chi connectivity index (χ1v) is 11.4. The molecule has 2 aromatic carbocycles. The Hall–Kier alpha value is -3.06. The first kappa shape index (κ1) is 24.6. The van der Waals surface area contributed by atoms with E-state index >= 15 is 0 Å². The highest BCUT2D eigenvalue weighted by atomic mass is 35.5. The SMILES string of the molecule is COc1ccc(C)cc1NC(=O)CNC(=O)COC(=O)C1(c2cccc(Cl)c2)CCCCC1. The molecule has 0 aliphatic heterocycles. The number of hydrogen-bond acceptors (Lipinski definition) is 5. The van der Waals surface area contributed by atoms with Crippen molar-refractivity contribution < 1.29 is 23.9 Å². The van der Waals surface area contributed by atoms with Crippen LogP contribution in [0.15, 0.2) is 42.5 Å². The summed E-state index contributed by atoms with van der Waals surface area (Å²) in [4.78, 5) is 37.6. The summed E-state index contributed by atoms with van der Waals surface area (Å²) in [5.41, 5.74) is 1.48. The molecular weight excluding hydrogens is 444 g/mol. The Morgan fingerprint density at radius 1 is 1.03 bits per heavy atom. The van der Waals surface area contributed by atoms with Gasteiger partial charge in [0.1, 0.15) is 5.75 Å². The maximum Gasteiger partial charge on any atom is 0.317 e. The molecule has 0 aromatic heterocycles. The van der Waals surface area contributed by atoms with Crippen molar-refractivity contribution in [1.82, 2.24) is 5.32 Å². The first-order valence-electron chi connectivity index (χ1n) is 11.0. The van der Waals surface area contributed by atoms with Crippen LogP contribution < -0.4 is 15.4 Å². The van der Waals surface area contributed by atoms with E-state index in [1.807, 2.05) is 25.1 Å². The third kappa shape index (κ3) is 6.26. The largest absolute Gasteiger partial charge is 0.495 e. The summed E-state index contributed by atoms with van der Waals surface area (Å²) in [7, 11) is 1.51. The van der Waals surface area contributed by atoms with Crippen molar-refractivity contribution in [3.63, 3.8) is 0 Å². The average molecular weight is 473 g/mol. The molecule has 0 bridgehead atoms. The number of anilines is 1. The van der Waals surface area contributed by atoms with Crippen LogP contribution in [-0.2, 0) is 24.5 Å². The third-order valence-corrected chi connectivity index (χ3v) is 6.12. The number of amides is 2. The van der Waals surface area contributed by atoms with Gasteiger partial charge in [0.05, 0.1) is 24.8 Å². The van der Waals surface area contributed by atoms with Crippen LogP contribution in [0.3, 0.4) is 0 Å². The standard InChI is InChI=1S/C25H29ClN2O5/c1-17-9-10-21(32-2)20(13-17)28-22(29)15-27-23(30)16-33-24(31)25(11-4-3-5-12-25)18-7-6-8-19(26)14-18/h6-10,13-14H,3-5,11-12,15-16H2,1-2H3,(H,27,30)(H,28,29). The van der Waals surface area contributed by atoms with Gasteiger partial charge in [0.25, 0.3) is 5.91 Å². The highest BCUT2D eigenvalue weighted by Gasteiger charge is 2.43. The minimum atomic E-state index is -0.803. The van der Waals surface area contributed by atoms with Crippen LogP contribution in [0.2, 0.25) is 5.02 Å². The van der Waals surface area contributed by atoms with Gasteiger partial charge in [-0.3, -0.25) is 14.4 Å². The average Bonchev–Trinajstić information content (AvgIpc) is 2.81. The number of carbonyl (C=O) groups excluding carboxylic acids is 3. The zero-order chi connectivity index (χ0) is 23.8. The summed E-state index contributed by atoms with van der Waals surface area (Å²) in [5.74, 6) is -0.880. The van der Waals surface area contributed by atoms with E-state index in [9.17, 15) is 14.4 Å². The lowest BCUT2D eigenvalue weighted by Gasteiger charge is -2.35. The monoisotopic (exact) mass is 472 g/mol. The normalized spacial score (nSPS) is 14.8. The van der Waals surface area contributed by atoms with Crippen molar-refractivity contribution in [1.29, 1.82) is 0 Å². The highest BCUT2D eigenvalue weighted by molar-refractivity contribution is 6.30. The molecule has 1 aliphatic rings. The molecule has 0 saturated heterocycles. The summed E-state index contributed by atoms with van der Waals surface area (Å²) in [6.45, 7) is 1.18.